The van der Waals surface area contributed by atoms with E-state index in [-0.39, 0.29) is 23.2 Å². The van der Waals surface area contributed by atoms with E-state index >= 15 is 0 Å². The van der Waals surface area contributed by atoms with E-state index in [0.717, 1.165) is 29.9 Å². The number of thioether (sulfide) groups is 1. The van der Waals surface area contributed by atoms with E-state index < -0.39 is 0 Å². The second kappa shape index (κ2) is 9.83. The minimum Gasteiger partial charge on any atom is -0.378 e. The second-order valence-electron chi connectivity index (χ2n) is 8.25. The Morgan fingerprint density at radius 3 is 2.20 bits per heavy atom. The third-order valence-electron chi connectivity index (χ3n) is 5.20. The highest BCUT2D eigenvalue weighted by atomic mass is 32.2. The number of carbonyl (C=O) groups is 1. The van der Waals surface area contributed by atoms with Crippen molar-refractivity contribution in [3.63, 3.8) is 0 Å². The van der Waals surface area contributed by atoms with Gasteiger partial charge >= 0.3 is 0 Å². The summed E-state index contributed by atoms with van der Waals surface area (Å²) in [5, 5.41) is 9.45. The molecule has 1 saturated heterocycles. The molecule has 2 aromatic rings. The molecule has 0 radical (unpaired) electrons. The molecule has 0 N–H and O–H groups in total. The van der Waals surface area contributed by atoms with Gasteiger partial charge in [0.05, 0.1) is 24.2 Å². The molecular weight excluding hydrogens is 398 g/mol. The van der Waals surface area contributed by atoms with Crippen LogP contribution in [0.5, 0.6) is 0 Å². The lowest BCUT2D eigenvalue weighted by Gasteiger charge is -2.33. The van der Waals surface area contributed by atoms with Gasteiger partial charge in [-0.2, -0.15) is 0 Å². The fraction of sp³-hybridized carbons (Fsp3) is 0.591. The van der Waals surface area contributed by atoms with E-state index in [9.17, 15) is 4.79 Å². The van der Waals surface area contributed by atoms with Gasteiger partial charge in [0.2, 0.25) is 11.9 Å². The molecule has 1 atom stereocenters. The summed E-state index contributed by atoms with van der Waals surface area (Å²) in [5.41, 5.74) is 2.20. The van der Waals surface area contributed by atoms with Gasteiger partial charge in [-0.3, -0.25) is 9.36 Å². The molecule has 1 amide bonds. The highest BCUT2D eigenvalue weighted by Crippen LogP contribution is 2.31. The maximum Gasteiger partial charge on any atom is 0.236 e. The van der Waals surface area contributed by atoms with Crippen molar-refractivity contribution in [1.82, 2.24) is 19.7 Å². The molecule has 1 aromatic heterocycles. The molecular formula is C22H33N5O2S. The Kier molecular flexibility index (Phi) is 7.41. The number of hydrogen-bond donors (Lipinski definition) is 0. The molecule has 1 aliphatic heterocycles. The minimum absolute atomic E-state index is 0.122. The molecule has 2 heterocycles. The van der Waals surface area contributed by atoms with E-state index in [2.05, 4.69) is 78.5 Å². The molecule has 1 fully saturated rings. The first-order chi connectivity index (χ1) is 14.3. The smallest absolute Gasteiger partial charge is 0.236 e. The SMILES string of the molecule is Cc1ccc(-n2c(SC(C)C(=O)N(C(C)C)C(C)C)nnc2N2CCOCC2)cc1. The molecule has 0 spiro atoms. The van der Waals surface area contributed by atoms with Gasteiger partial charge in [0.1, 0.15) is 0 Å². The topological polar surface area (TPSA) is 63.5 Å². The molecule has 1 aliphatic rings. The molecule has 1 aromatic carbocycles. The lowest BCUT2D eigenvalue weighted by atomic mass is 10.2. The van der Waals surface area contributed by atoms with Crippen molar-refractivity contribution < 1.29 is 9.53 Å². The minimum atomic E-state index is -0.263. The van der Waals surface area contributed by atoms with Crippen LogP contribution >= 0.6 is 11.8 Å². The summed E-state index contributed by atoms with van der Waals surface area (Å²) in [6.45, 7) is 15.2. The molecule has 1 unspecified atom stereocenters. The number of aromatic nitrogens is 3. The van der Waals surface area contributed by atoms with Crippen LogP contribution in [0.25, 0.3) is 5.69 Å². The zero-order chi connectivity index (χ0) is 21.8. The van der Waals surface area contributed by atoms with Crippen molar-refractivity contribution in [2.24, 2.45) is 0 Å². The van der Waals surface area contributed by atoms with E-state index in [0.29, 0.717) is 13.2 Å². The summed E-state index contributed by atoms with van der Waals surface area (Å²) >= 11 is 1.47. The largest absolute Gasteiger partial charge is 0.378 e. The number of benzene rings is 1. The van der Waals surface area contributed by atoms with Crippen molar-refractivity contribution in [3.05, 3.63) is 29.8 Å². The van der Waals surface area contributed by atoms with Gasteiger partial charge in [-0.05, 0) is 53.7 Å². The van der Waals surface area contributed by atoms with Crippen molar-refractivity contribution >= 4 is 23.6 Å². The van der Waals surface area contributed by atoms with Crippen molar-refractivity contribution in [3.8, 4) is 5.69 Å². The molecule has 164 valence electrons. The maximum atomic E-state index is 13.2. The first kappa shape index (κ1) is 22.6. The number of rotatable bonds is 7. The van der Waals surface area contributed by atoms with E-state index in [1.165, 1.54) is 17.3 Å². The van der Waals surface area contributed by atoms with Crippen LogP contribution in [0.3, 0.4) is 0 Å². The summed E-state index contributed by atoms with van der Waals surface area (Å²) in [6.07, 6.45) is 0. The fourth-order valence-corrected chi connectivity index (χ4v) is 4.67. The van der Waals surface area contributed by atoms with Crippen molar-refractivity contribution in [2.45, 2.75) is 64.0 Å². The molecule has 7 nitrogen and oxygen atoms in total. The Morgan fingerprint density at radius 1 is 1.03 bits per heavy atom. The lowest BCUT2D eigenvalue weighted by Crippen LogP contribution is -2.45. The predicted molar refractivity (Wildman–Crippen MR) is 122 cm³/mol. The van der Waals surface area contributed by atoms with E-state index in [1.54, 1.807) is 0 Å². The first-order valence-electron chi connectivity index (χ1n) is 10.6. The third kappa shape index (κ3) is 4.98. The van der Waals surface area contributed by atoms with E-state index in [4.69, 9.17) is 4.74 Å². The number of amides is 1. The van der Waals surface area contributed by atoms with Crippen molar-refractivity contribution in [1.29, 1.82) is 0 Å². The fourth-order valence-electron chi connectivity index (χ4n) is 3.75. The van der Waals surface area contributed by atoms with Gasteiger partial charge in [-0.1, -0.05) is 29.5 Å². The number of nitrogens with zero attached hydrogens (tertiary/aromatic N) is 5. The van der Waals surface area contributed by atoms with Gasteiger partial charge in [0, 0.05) is 25.2 Å². The van der Waals surface area contributed by atoms with Gasteiger partial charge in [-0.15, -0.1) is 10.2 Å². The highest BCUT2D eigenvalue weighted by Gasteiger charge is 2.29. The first-order valence-corrected chi connectivity index (χ1v) is 11.5. The summed E-state index contributed by atoms with van der Waals surface area (Å²) in [6, 6.07) is 8.63. The zero-order valence-electron chi connectivity index (χ0n) is 18.8. The van der Waals surface area contributed by atoms with Crippen molar-refractivity contribution in [2.75, 3.05) is 31.2 Å². The van der Waals surface area contributed by atoms with Crippen LogP contribution in [-0.2, 0) is 9.53 Å². The molecule has 8 heteroatoms. The van der Waals surface area contributed by atoms with Gasteiger partial charge in [0.25, 0.3) is 0 Å². The Bertz CT molecular complexity index is 836. The van der Waals surface area contributed by atoms with Crippen LogP contribution in [0.2, 0.25) is 0 Å². The molecule has 0 aliphatic carbocycles. The number of carbonyl (C=O) groups excluding carboxylic acids is 1. The summed E-state index contributed by atoms with van der Waals surface area (Å²) in [4.78, 5) is 17.3. The normalized spacial score (nSPS) is 15.7. The Balaban J connectivity index is 1.93. The third-order valence-corrected chi connectivity index (χ3v) is 6.23. The van der Waals surface area contributed by atoms with Gasteiger partial charge < -0.3 is 14.5 Å². The average molecular weight is 432 g/mol. The Morgan fingerprint density at radius 2 is 1.63 bits per heavy atom. The van der Waals surface area contributed by atoms with Gasteiger partial charge in [-0.25, -0.2) is 0 Å². The summed E-state index contributed by atoms with van der Waals surface area (Å²) in [7, 11) is 0. The summed E-state index contributed by atoms with van der Waals surface area (Å²) < 4.78 is 7.57. The lowest BCUT2D eigenvalue weighted by molar-refractivity contribution is -0.133. The standard InChI is InChI=1S/C22H33N5O2S/c1-15(2)26(16(3)4)20(28)18(6)30-22-24-23-21(25-11-13-29-14-12-25)27(22)19-9-7-17(5)8-10-19/h7-10,15-16,18H,11-14H2,1-6H3. The number of hydrogen-bond acceptors (Lipinski definition) is 6. The molecule has 30 heavy (non-hydrogen) atoms. The number of aryl methyl sites for hydroxylation is 1. The monoisotopic (exact) mass is 431 g/mol. The highest BCUT2D eigenvalue weighted by molar-refractivity contribution is 8.00. The van der Waals surface area contributed by atoms with Crippen LogP contribution in [0.15, 0.2) is 29.4 Å². The van der Waals surface area contributed by atoms with Gasteiger partial charge in [0.15, 0.2) is 5.16 Å². The summed E-state index contributed by atoms with van der Waals surface area (Å²) in [5.74, 6) is 0.922. The zero-order valence-corrected chi connectivity index (χ0v) is 19.6. The van der Waals surface area contributed by atoms with Crippen LogP contribution in [-0.4, -0.2) is 69.2 Å². The molecule has 0 saturated carbocycles. The molecule has 0 bridgehead atoms. The van der Waals surface area contributed by atoms with Crippen LogP contribution in [0, 0.1) is 6.92 Å². The Hall–Kier alpha value is -2.06. The van der Waals surface area contributed by atoms with Crippen LogP contribution < -0.4 is 4.90 Å². The predicted octanol–water partition coefficient (Wildman–Crippen LogP) is 3.54. The maximum absolute atomic E-state index is 13.2. The van der Waals surface area contributed by atoms with E-state index in [1.807, 2.05) is 11.8 Å². The Labute approximate surface area is 183 Å². The number of anilines is 1. The quantitative estimate of drug-likeness (QED) is 0.625. The average Bonchev–Trinajstić information content (AvgIpc) is 3.12. The molecule has 3 rings (SSSR count). The number of morpholine rings is 1. The van der Waals surface area contributed by atoms with Crippen LogP contribution in [0.1, 0.15) is 40.2 Å². The number of ether oxygens (including phenoxy) is 1. The second-order valence-corrected chi connectivity index (χ2v) is 9.55. The van der Waals surface area contributed by atoms with Crippen LogP contribution in [0.4, 0.5) is 5.95 Å².